The monoisotopic (exact) mass is 371 g/mol. The molecule has 0 N–H and O–H groups in total. The van der Waals surface area contributed by atoms with E-state index in [0.717, 1.165) is 31.6 Å². The van der Waals surface area contributed by atoms with Gasteiger partial charge in [-0.05, 0) is 31.1 Å². The average molecular weight is 372 g/mol. The van der Waals surface area contributed by atoms with Crippen LogP contribution in [0.4, 0.5) is 10.8 Å². The summed E-state index contributed by atoms with van der Waals surface area (Å²) in [5.74, 6) is -0.107. The molecular formula is C20H25N3O2S. The van der Waals surface area contributed by atoms with Crippen molar-refractivity contribution < 1.29 is 9.59 Å². The summed E-state index contributed by atoms with van der Waals surface area (Å²) >= 11 is 1.38. The number of rotatable bonds is 8. The number of nitrogens with zero attached hydrogens (tertiary/aromatic N) is 3. The van der Waals surface area contributed by atoms with Gasteiger partial charge in [0.05, 0.1) is 11.4 Å². The van der Waals surface area contributed by atoms with E-state index in [1.165, 1.54) is 18.3 Å². The minimum atomic E-state index is -0.103. The molecule has 2 rings (SSSR count). The van der Waals surface area contributed by atoms with E-state index < -0.39 is 0 Å². The third kappa shape index (κ3) is 5.26. The molecule has 0 spiro atoms. The number of thiazole rings is 1. The van der Waals surface area contributed by atoms with E-state index in [4.69, 9.17) is 0 Å². The van der Waals surface area contributed by atoms with Crippen molar-refractivity contribution in [1.29, 1.82) is 0 Å². The molecule has 2 aromatic rings. The fourth-order valence-corrected chi connectivity index (χ4v) is 3.45. The van der Waals surface area contributed by atoms with Gasteiger partial charge in [0.25, 0.3) is 0 Å². The highest BCUT2D eigenvalue weighted by Crippen LogP contribution is 2.29. The Morgan fingerprint density at radius 3 is 2.35 bits per heavy atom. The Labute approximate surface area is 159 Å². The molecule has 26 heavy (non-hydrogen) atoms. The summed E-state index contributed by atoms with van der Waals surface area (Å²) in [6, 6.07) is 9.41. The summed E-state index contributed by atoms with van der Waals surface area (Å²) in [5, 5.41) is 2.44. The van der Waals surface area contributed by atoms with Crippen LogP contribution in [-0.2, 0) is 9.59 Å². The van der Waals surface area contributed by atoms with Crippen molar-refractivity contribution in [3.05, 3.63) is 47.5 Å². The number of hydrogen-bond acceptors (Lipinski definition) is 4. The number of hydrogen-bond donors (Lipinski definition) is 0. The van der Waals surface area contributed by atoms with Crippen molar-refractivity contribution in [3.8, 4) is 0 Å². The molecule has 1 heterocycles. The first-order valence-electron chi connectivity index (χ1n) is 8.85. The first kappa shape index (κ1) is 19.8. The number of carbonyl (C=O) groups excluding carboxylic acids is 2. The van der Waals surface area contributed by atoms with Gasteiger partial charge in [0, 0.05) is 31.5 Å². The fraction of sp³-hybridized carbons (Fsp3) is 0.350. The molecule has 6 heteroatoms. The summed E-state index contributed by atoms with van der Waals surface area (Å²) < 4.78 is 0. The van der Waals surface area contributed by atoms with Crippen molar-refractivity contribution in [2.45, 2.75) is 33.6 Å². The van der Waals surface area contributed by atoms with E-state index in [2.05, 4.69) is 18.8 Å². The molecule has 0 fully saturated rings. The van der Waals surface area contributed by atoms with Gasteiger partial charge in [0.2, 0.25) is 11.8 Å². The topological polar surface area (TPSA) is 53.5 Å². The first-order valence-corrected chi connectivity index (χ1v) is 9.73. The van der Waals surface area contributed by atoms with Gasteiger partial charge in [-0.3, -0.25) is 14.5 Å². The molecule has 0 saturated carbocycles. The quantitative estimate of drug-likeness (QED) is 0.643. The number of para-hydroxylation sites is 1. The van der Waals surface area contributed by atoms with Crippen molar-refractivity contribution >= 4 is 40.0 Å². The standard InChI is InChI=1S/C20H25N3O2S/c1-4-13-22(14-5-2)19(25)12-11-17-15-26-20(21-17)23(16(3)24)18-9-7-6-8-10-18/h6-12,15H,4-5,13-14H2,1-3H3/b12-11+. The Morgan fingerprint density at radius 2 is 1.77 bits per heavy atom. The molecule has 0 atom stereocenters. The Morgan fingerprint density at radius 1 is 1.12 bits per heavy atom. The molecule has 2 amide bonds. The average Bonchev–Trinajstić information content (AvgIpc) is 3.08. The van der Waals surface area contributed by atoms with Gasteiger partial charge in [-0.1, -0.05) is 32.0 Å². The highest BCUT2D eigenvalue weighted by molar-refractivity contribution is 7.14. The lowest BCUT2D eigenvalue weighted by atomic mass is 10.3. The van der Waals surface area contributed by atoms with E-state index in [0.29, 0.717) is 10.8 Å². The fourth-order valence-electron chi connectivity index (χ4n) is 2.59. The lowest BCUT2D eigenvalue weighted by molar-refractivity contribution is -0.126. The van der Waals surface area contributed by atoms with E-state index in [1.807, 2.05) is 40.6 Å². The maximum absolute atomic E-state index is 12.3. The summed E-state index contributed by atoms with van der Waals surface area (Å²) in [6.45, 7) is 7.15. The highest BCUT2D eigenvalue weighted by atomic mass is 32.1. The van der Waals surface area contributed by atoms with Gasteiger partial charge in [-0.15, -0.1) is 11.3 Å². The van der Waals surface area contributed by atoms with Gasteiger partial charge in [-0.2, -0.15) is 0 Å². The summed E-state index contributed by atoms with van der Waals surface area (Å²) in [7, 11) is 0. The van der Waals surface area contributed by atoms with E-state index in [9.17, 15) is 9.59 Å². The van der Waals surface area contributed by atoms with Gasteiger partial charge < -0.3 is 4.90 Å². The molecule has 5 nitrogen and oxygen atoms in total. The highest BCUT2D eigenvalue weighted by Gasteiger charge is 2.17. The van der Waals surface area contributed by atoms with E-state index in [1.54, 1.807) is 17.1 Å². The van der Waals surface area contributed by atoms with Crippen LogP contribution < -0.4 is 4.90 Å². The minimum Gasteiger partial charge on any atom is -0.339 e. The number of aromatic nitrogens is 1. The second kappa shape index (κ2) is 9.87. The molecule has 0 radical (unpaired) electrons. The van der Waals surface area contributed by atoms with Crippen LogP contribution >= 0.6 is 11.3 Å². The van der Waals surface area contributed by atoms with Crippen LogP contribution in [0.5, 0.6) is 0 Å². The minimum absolute atomic E-state index is 0.00488. The normalized spacial score (nSPS) is 10.9. The maximum Gasteiger partial charge on any atom is 0.246 e. The van der Waals surface area contributed by atoms with Gasteiger partial charge in [0.1, 0.15) is 0 Å². The second-order valence-corrected chi connectivity index (χ2v) is 6.74. The van der Waals surface area contributed by atoms with Gasteiger partial charge in [-0.25, -0.2) is 4.98 Å². The van der Waals surface area contributed by atoms with Gasteiger partial charge in [0.15, 0.2) is 5.13 Å². The predicted molar refractivity (Wildman–Crippen MR) is 108 cm³/mol. The Kier molecular flexibility index (Phi) is 7.53. The van der Waals surface area contributed by atoms with Crippen LogP contribution in [0.25, 0.3) is 6.08 Å². The molecule has 0 unspecified atom stereocenters. The zero-order valence-corrected chi connectivity index (χ0v) is 16.3. The van der Waals surface area contributed by atoms with E-state index in [-0.39, 0.29) is 11.8 Å². The molecule has 0 aliphatic rings. The molecule has 138 valence electrons. The SMILES string of the molecule is CCCN(CCC)C(=O)/C=C/c1csc(N(C(C)=O)c2ccccc2)n1. The zero-order valence-electron chi connectivity index (χ0n) is 15.5. The van der Waals surface area contributed by atoms with Crippen LogP contribution in [0, 0.1) is 0 Å². The van der Waals surface area contributed by atoms with Crippen LogP contribution in [0.3, 0.4) is 0 Å². The Hall–Kier alpha value is -2.47. The lowest BCUT2D eigenvalue weighted by Crippen LogP contribution is -2.30. The van der Waals surface area contributed by atoms with Crippen molar-refractivity contribution in [2.24, 2.45) is 0 Å². The van der Waals surface area contributed by atoms with Gasteiger partial charge >= 0.3 is 0 Å². The summed E-state index contributed by atoms with van der Waals surface area (Å²) in [4.78, 5) is 32.3. The summed E-state index contributed by atoms with van der Waals surface area (Å²) in [5.41, 5.74) is 1.45. The number of amides is 2. The number of benzene rings is 1. The van der Waals surface area contributed by atoms with Crippen LogP contribution in [0.2, 0.25) is 0 Å². The molecule has 0 aliphatic heterocycles. The second-order valence-electron chi connectivity index (χ2n) is 5.90. The zero-order chi connectivity index (χ0) is 18.9. The molecule has 1 aromatic carbocycles. The Balaban J connectivity index is 2.15. The first-order chi connectivity index (χ1) is 12.6. The number of anilines is 2. The molecule has 0 saturated heterocycles. The largest absolute Gasteiger partial charge is 0.339 e. The summed E-state index contributed by atoms with van der Waals surface area (Å²) in [6.07, 6.45) is 5.14. The molecule has 1 aromatic heterocycles. The molecular weight excluding hydrogens is 346 g/mol. The van der Waals surface area contributed by atoms with Crippen LogP contribution in [0.15, 0.2) is 41.8 Å². The van der Waals surface area contributed by atoms with Crippen LogP contribution in [-0.4, -0.2) is 34.8 Å². The third-order valence-electron chi connectivity index (χ3n) is 3.73. The lowest BCUT2D eigenvalue weighted by Gasteiger charge is -2.19. The third-order valence-corrected chi connectivity index (χ3v) is 4.57. The van der Waals surface area contributed by atoms with E-state index >= 15 is 0 Å². The van der Waals surface area contributed by atoms with Crippen molar-refractivity contribution in [1.82, 2.24) is 9.88 Å². The van der Waals surface area contributed by atoms with Crippen molar-refractivity contribution in [3.63, 3.8) is 0 Å². The Bertz CT molecular complexity index is 749. The van der Waals surface area contributed by atoms with Crippen LogP contribution in [0.1, 0.15) is 39.3 Å². The molecule has 0 aliphatic carbocycles. The predicted octanol–water partition coefficient (Wildman–Crippen LogP) is 4.49. The number of carbonyl (C=O) groups is 2. The molecule has 0 bridgehead atoms. The van der Waals surface area contributed by atoms with Crippen molar-refractivity contribution in [2.75, 3.05) is 18.0 Å². The maximum atomic E-state index is 12.3. The smallest absolute Gasteiger partial charge is 0.246 e.